The van der Waals surface area contributed by atoms with E-state index in [2.05, 4.69) is 10.4 Å². The Balaban J connectivity index is 1.73. The summed E-state index contributed by atoms with van der Waals surface area (Å²) in [5, 5.41) is 7.99. The molecule has 0 bridgehead atoms. The topological polar surface area (TPSA) is 90.3 Å². The van der Waals surface area contributed by atoms with Crippen molar-refractivity contribution in [2.75, 3.05) is 6.61 Å². The van der Waals surface area contributed by atoms with Gasteiger partial charge in [-0.05, 0) is 32.8 Å². The normalized spacial score (nSPS) is 15.4. The molecule has 0 aliphatic heterocycles. The number of hydrogen-bond donors (Lipinski definition) is 1. The molecule has 0 atom stereocenters. The molecule has 0 spiro atoms. The van der Waals surface area contributed by atoms with Gasteiger partial charge in [-0.15, -0.1) is 0 Å². The molecular formula is C21H27N3O4. The quantitative estimate of drug-likeness (QED) is 0.631. The lowest BCUT2D eigenvalue weighted by Crippen LogP contribution is -2.37. The van der Waals surface area contributed by atoms with Crippen LogP contribution in [0.5, 0.6) is 0 Å². The van der Waals surface area contributed by atoms with Gasteiger partial charge in [0.05, 0.1) is 11.4 Å². The maximum Gasteiger partial charge on any atom is 0.359 e. The standard InChI is InChI=1S/C21H27N3O4/c1-14(2)24-20(26)17-12-8-7-11-16(17)19(23-24)21(27)28-13-18(25)22-15-9-5-3-4-6-10-15/h7-8,11-12,14-15H,3-6,9-10,13H2,1-2H3,(H,22,25). The van der Waals surface area contributed by atoms with Gasteiger partial charge in [0, 0.05) is 11.4 Å². The van der Waals surface area contributed by atoms with Gasteiger partial charge in [-0.2, -0.15) is 5.10 Å². The number of benzene rings is 1. The maximum absolute atomic E-state index is 12.6. The van der Waals surface area contributed by atoms with Crippen molar-refractivity contribution in [2.45, 2.75) is 64.5 Å². The number of aromatic nitrogens is 2. The van der Waals surface area contributed by atoms with Gasteiger partial charge in [-0.25, -0.2) is 9.48 Å². The minimum absolute atomic E-state index is 0.0474. The van der Waals surface area contributed by atoms with Gasteiger partial charge in [-0.1, -0.05) is 43.9 Å². The van der Waals surface area contributed by atoms with Crippen LogP contribution in [0.1, 0.15) is 68.9 Å². The highest BCUT2D eigenvalue weighted by Crippen LogP contribution is 2.18. The van der Waals surface area contributed by atoms with E-state index in [-0.39, 0.29) is 35.9 Å². The van der Waals surface area contributed by atoms with E-state index in [9.17, 15) is 14.4 Å². The van der Waals surface area contributed by atoms with Gasteiger partial charge in [0.15, 0.2) is 12.3 Å². The number of fused-ring (bicyclic) bond motifs is 1. The van der Waals surface area contributed by atoms with Crippen molar-refractivity contribution in [1.29, 1.82) is 0 Å². The number of esters is 1. The summed E-state index contributed by atoms with van der Waals surface area (Å²) in [4.78, 5) is 37.3. The molecule has 1 heterocycles. The lowest BCUT2D eigenvalue weighted by atomic mass is 10.1. The minimum Gasteiger partial charge on any atom is -0.451 e. The molecule has 1 aliphatic rings. The molecular weight excluding hydrogens is 358 g/mol. The summed E-state index contributed by atoms with van der Waals surface area (Å²) in [7, 11) is 0. The van der Waals surface area contributed by atoms with Crippen LogP contribution in [-0.4, -0.2) is 34.3 Å². The zero-order chi connectivity index (χ0) is 20.1. The molecule has 1 aliphatic carbocycles. The zero-order valence-corrected chi connectivity index (χ0v) is 16.4. The Morgan fingerprint density at radius 3 is 2.43 bits per heavy atom. The Hall–Kier alpha value is -2.70. The number of amides is 1. The van der Waals surface area contributed by atoms with Crippen molar-refractivity contribution >= 4 is 22.6 Å². The SMILES string of the molecule is CC(C)n1nc(C(=O)OCC(=O)NC2CCCCCC2)c2ccccc2c1=O. The number of ether oxygens (including phenoxy) is 1. The number of carbonyl (C=O) groups is 2. The van der Waals surface area contributed by atoms with Gasteiger partial charge in [0.1, 0.15) is 0 Å². The smallest absolute Gasteiger partial charge is 0.359 e. The second-order valence-electron chi connectivity index (χ2n) is 7.57. The molecule has 7 nitrogen and oxygen atoms in total. The highest BCUT2D eigenvalue weighted by atomic mass is 16.5. The van der Waals surface area contributed by atoms with Crippen molar-refractivity contribution in [3.63, 3.8) is 0 Å². The van der Waals surface area contributed by atoms with Crippen LogP contribution in [0.25, 0.3) is 10.8 Å². The molecule has 1 aromatic heterocycles. The lowest BCUT2D eigenvalue weighted by molar-refractivity contribution is -0.125. The Bertz CT molecular complexity index is 911. The Morgan fingerprint density at radius 2 is 1.79 bits per heavy atom. The molecule has 1 aromatic carbocycles. The molecule has 28 heavy (non-hydrogen) atoms. The van der Waals surface area contributed by atoms with Crippen LogP contribution in [0.3, 0.4) is 0 Å². The first-order valence-corrected chi connectivity index (χ1v) is 9.95. The highest BCUT2D eigenvalue weighted by molar-refractivity contribution is 6.02. The Kier molecular flexibility index (Phi) is 6.44. The van der Waals surface area contributed by atoms with E-state index in [1.807, 2.05) is 13.8 Å². The third kappa shape index (κ3) is 4.58. The fourth-order valence-corrected chi connectivity index (χ4v) is 3.60. The van der Waals surface area contributed by atoms with Crippen LogP contribution in [-0.2, 0) is 9.53 Å². The van der Waals surface area contributed by atoms with Crippen molar-refractivity contribution in [1.82, 2.24) is 15.1 Å². The van der Waals surface area contributed by atoms with Crippen LogP contribution in [0.2, 0.25) is 0 Å². The number of carbonyl (C=O) groups excluding carboxylic acids is 2. The third-order valence-corrected chi connectivity index (χ3v) is 5.07. The summed E-state index contributed by atoms with van der Waals surface area (Å²) in [5.74, 6) is -1.01. The first-order valence-electron chi connectivity index (χ1n) is 9.95. The average Bonchev–Trinajstić information content (AvgIpc) is 2.95. The largest absolute Gasteiger partial charge is 0.451 e. The van der Waals surface area contributed by atoms with Gasteiger partial charge < -0.3 is 10.1 Å². The third-order valence-electron chi connectivity index (χ3n) is 5.07. The number of hydrogen-bond acceptors (Lipinski definition) is 5. The number of rotatable bonds is 5. The monoisotopic (exact) mass is 385 g/mol. The molecule has 2 aromatic rings. The van der Waals surface area contributed by atoms with Crippen LogP contribution in [0.15, 0.2) is 29.1 Å². The van der Waals surface area contributed by atoms with Crippen LogP contribution in [0.4, 0.5) is 0 Å². The van der Waals surface area contributed by atoms with E-state index in [1.165, 1.54) is 17.5 Å². The summed E-state index contributed by atoms with van der Waals surface area (Å²) in [6.07, 6.45) is 6.54. The van der Waals surface area contributed by atoms with Crippen molar-refractivity contribution in [2.24, 2.45) is 0 Å². The minimum atomic E-state index is -0.707. The van der Waals surface area contributed by atoms with E-state index >= 15 is 0 Å². The first-order chi connectivity index (χ1) is 13.5. The van der Waals surface area contributed by atoms with Gasteiger partial charge in [0.2, 0.25) is 0 Å². The summed E-state index contributed by atoms with van der Waals surface area (Å²) in [5.41, 5.74) is -0.209. The van der Waals surface area contributed by atoms with Gasteiger partial charge >= 0.3 is 5.97 Å². The molecule has 3 rings (SSSR count). The molecule has 1 saturated carbocycles. The summed E-state index contributed by atoms with van der Waals surface area (Å²) >= 11 is 0. The predicted octanol–water partition coefficient (Wildman–Crippen LogP) is 2.97. The average molecular weight is 385 g/mol. The molecule has 0 saturated heterocycles. The molecule has 7 heteroatoms. The van der Waals surface area contributed by atoms with E-state index in [0.29, 0.717) is 10.8 Å². The van der Waals surface area contributed by atoms with E-state index in [0.717, 1.165) is 25.7 Å². The van der Waals surface area contributed by atoms with Gasteiger partial charge in [-0.3, -0.25) is 9.59 Å². The second-order valence-corrected chi connectivity index (χ2v) is 7.57. The number of nitrogens with one attached hydrogen (secondary N) is 1. The molecule has 1 N–H and O–H groups in total. The van der Waals surface area contributed by atoms with E-state index in [4.69, 9.17) is 4.74 Å². The van der Waals surface area contributed by atoms with Crippen LogP contribution < -0.4 is 10.9 Å². The second kappa shape index (κ2) is 8.99. The summed E-state index contributed by atoms with van der Waals surface area (Å²) < 4.78 is 6.48. The lowest BCUT2D eigenvalue weighted by Gasteiger charge is -2.16. The fourth-order valence-electron chi connectivity index (χ4n) is 3.60. The highest BCUT2D eigenvalue weighted by Gasteiger charge is 2.21. The van der Waals surface area contributed by atoms with E-state index in [1.54, 1.807) is 24.3 Å². The van der Waals surface area contributed by atoms with Gasteiger partial charge in [0.25, 0.3) is 11.5 Å². The van der Waals surface area contributed by atoms with E-state index < -0.39 is 5.97 Å². The Morgan fingerprint density at radius 1 is 1.14 bits per heavy atom. The zero-order valence-electron chi connectivity index (χ0n) is 16.4. The molecule has 0 radical (unpaired) electrons. The number of nitrogens with zero attached hydrogens (tertiary/aromatic N) is 2. The van der Waals surface area contributed by atoms with Crippen molar-refractivity contribution in [3.8, 4) is 0 Å². The first kappa shape index (κ1) is 20.0. The fraction of sp³-hybridized carbons (Fsp3) is 0.524. The van der Waals surface area contributed by atoms with Crippen LogP contribution >= 0.6 is 0 Å². The molecule has 150 valence electrons. The molecule has 0 unspecified atom stereocenters. The molecule has 1 amide bonds. The van der Waals surface area contributed by atoms with Crippen molar-refractivity contribution in [3.05, 3.63) is 40.3 Å². The summed E-state index contributed by atoms with van der Waals surface area (Å²) in [6.45, 7) is 3.28. The van der Waals surface area contributed by atoms with Crippen molar-refractivity contribution < 1.29 is 14.3 Å². The predicted molar refractivity (Wildman–Crippen MR) is 106 cm³/mol. The summed E-state index contributed by atoms with van der Waals surface area (Å²) in [6, 6.07) is 6.74. The Labute approximate surface area is 164 Å². The van der Waals surface area contributed by atoms with Crippen LogP contribution in [0, 0.1) is 0 Å². The maximum atomic E-state index is 12.6. The molecule has 1 fully saturated rings.